The number of nitrogens with zero attached hydrogens (tertiary/aromatic N) is 5. The van der Waals surface area contributed by atoms with E-state index in [1.165, 1.54) is 0 Å². The number of amides is 1. The topological polar surface area (TPSA) is 77.6 Å². The average molecular weight is 310 g/mol. The Balaban J connectivity index is 1.65. The summed E-state index contributed by atoms with van der Waals surface area (Å²) in [7, 11) is 3.62. The van der Waals surface area contributed by atoms with Crippen LogP contribution in [-0.4, -0.2) is 30.5 Å². The number of rotatable bonds is 4. The van der Waals surface area contributed by atoms with Gasteiger partial charge < -0.3 is 5.32 Å². The molecule has 1 amide bonds. The van der Waals surface area contributed by atoms with Crippen molar-refractivity contribution in [3.63, 3.8) is 0 Å². The van der Waals surface area contributed by atoms with Gasteiger partial charge in [-0.25, -0.2) is 0 Å². The van der Waals surface area contributed by atoms with Crippen molar-refractivity contribution in [1.29, 1.82) is 0 Å². The Kier molecular flexibility index (Phi) is 3.92. The van der Waals surface area contributed by atoms with Crippen molar-refractivity contribution in [2.75, 3.05) is 0 Å². The fraction of sp³-hybridized carbons (Fsp3) is 0.250. The van der Waals surface area contributed by atoms with E-state index in [0.29, 0.717) is 12.2 Å². The summed E-state index contributed by atoms with van der Waals surface area (Å²) in [5, 5.41) is 11.2. The van der Waals surface area contributed by atoms with Crippen LogP contribution in [0.3, 0.4) is 0 Å². The van der Waals surface area contributed by atoms with Gasteiger partial charge in [0.15, 0.2) is 0 Å². The van der Waals surface area contributed by atoms with Crippen molar-refractivity contribution in [2.24, 2.45) is 14.1 Å². The maximum atomic E-state index is 12.1. The normalized spacial score (nSPS) is 10.7. The van der Waals surface area contributed by atoms with Crippen molar-refractivity contribution in [3.05, 3.63) is 53.7 Å². The summed E-state index contributed by atoms with van der Waals surface area (Å²) in [6.07, 6.45) is 5.44. The smallest absolute Gasteiger partial charge is 0.269 e. The molecule has 3 aromatic heterocycles. The molecule has 0 bridgehead atoms. The quantitative estimate of drug-likeness (QED) is 0.791. The standard InChI is InChI=1S/C16H18N6O/c1-11-6-15(22(3)20-11)16(23)18-8-12-4-5-14(17-7-12)13-9-19-21(2)10-13/h4-7,9-10H,8H2,1-3H3,(H,18,23). The molecule has 118 valence electrons. The largest absolute Gasteiger partial charge is 0.347 e. The molecule has 0 aliphatic heterocycles. The lowest BCUT2D eigenvalue weighted by Crippen LogP contribution is -2.25. The monoisotopic (exact) mass is 310 g/mol. The molecule has 0 saturated heterocycles. The van der Waals surface area contributed by atoms with E-state index in [0.717, 1.165) is 22.5 Å². The Morgan fingerprint density at radius 1 is 1.26 bits per heavy atom. The summed E-state index contributed by atoms with van der Waals surface area (Å²) in [5.74, 6) is -0.149. The van der Waals surface area contributed by atoms with E-state index in [4.69, 9.17) is 0 Å². The Labute approximate surface area is 134 Å². The van der Waals surface area contributed by atoms with Crippen LogP contribution >= 0.6 is 0 Å². The second-order valence-corrected chi connectivity index (χ2v) is 5.43. The summed E-state index contributed by atoms with van der Waals surface area (Å²) in [4.78, 5) is 16.6. The first-order valence-electron chi connectivity index (χ1n) is 7.26. The van der Waals surface area contributed by atoms with E-state index in [9.17, 15) is 4.79 Å². The van der Waals surface area contributed by atoms with E-state index in [2.05, 4.69) is 20.5 Å². The molecule has 23 heavy (non-hydrogen) atoms. The van der Waals surface area contributed by atoms with Gasteiger partial charge in [0.25, 0.3) is 5.91 Å². The Bertz CT molecular complexity index is 831. The molecule has 3 rings (SSSR count). The third-order valence-electron chi connectivity index (χ3n) is 3.51. The average Bonchev–Trinajstić information content (AvgIpc) is 3.11. The van der Waals surface area contributed by atoms with E-state index in [1.54, 1.807) is 34.9 Å². The molecule has 0 radical (unpaired) electrons. The molecule has 0 atom stereocenters. The Hall–Kier alpha value is -2.96. The molecule has 7 nitrogen and oxygen atoms in total. The van der Waals surface area contributed by atoms with Crippen molar-refractivity contribution in [3.8, 4) is 11.3 Å². The second-order valence-electron chi connectivity index (χ2n) is 5.43. The van der Waals surface area contributed by atoms with Crippen LogP contribution in [0.4, 0.5) is 0 Å². The predicted molar refractivity (Wildman–Crippen MR) is 85.6 cm³/mol. The predicted octanol–water partition coefficient (Wildman–Crippen LogP) is 1.45. The molecular formula is C16H18N6O. The molecule has 3 heterocycles. The van der Waals surface area contributed by atoms with Gasteiger partial charge in [0.05, 0.1) is 17.6 Å². The summed E-state index contributed by atoms with van der Waals surface area (Å²) < 4.78 is 3.31. The van der Waals surface area contributed by atoms with Gasteiger partial charge in [-0.15, -0.1) is 0 Å². The molecule has 0 unspecified atom stereocenters. The lowest BCUT2D eigenvalue weighted by Gasteiger charge is -2.06. The molecule has 0 aromatic carbocycles. The van der Waals surface area contributed by atoms with Gasteiger partial charge in [-0.1, -0.05) is 6.07 Å². The lowest BCUT2D eigenvalue weighted by atomic mass is 10.2. The highest BCUT2D eigenvalue weighted by Gasteiger charge is 2.11. The fourth-order valence-electron chi connectivity index (χ4n) is 2.35. The van der Waals surface area contributed by atoms with Crippen LogP contribution in [0.1, 0.15) is 21.7 Å². The minimum Gasteiger partial charge on any atom is -0.347 e. The van der Waals surface area contributed by atoms with Gasteiger partial charge in [-0.05, 0) is 24.6 Å². The maximum absolute atomic E-state index is 12.1. The SMILES string of the molecule is Cc1cc(C(=O)NCc2ccc(-c3cnn(C)c3)nc2)n(C)n1. The highest BCUT2D eigenvalue weighted by Crippen LogP contribution is 2.15. The van der Waals surface area contributed by atoms with Gasteiger partial charge in [0.1, 0.15) is 5.69 Å². The third-order valence-corrected chi connectivity index (χ3v) is 3.51. The second kappa shape index (κ2) is 6.04. The number of aryl methyl sites for hydroxylation is 3. The van der Waals surface area contributed by atoms with Crippen molar-refractivity contribution in [1.82, 2.24) is 29.9 Å². The van der Waals surface area contributed by atoms with E-state index in [-0.39, 0.29) is 5.91 Å². The van der Waals surface area contributed by atoms with E-state index < -0.39 is 0 Å². The number of pyridine rings is 1. The molecular weight excluding hydrogens is 292 g/mol. The minimum atomic E-state index is -0.149. The number of hydrogen-bond acceptors (Lipinski definition) is 4. The van der Waals surface area contributed by atoms with Crippen LogP contribution in [0.2, 0.25) is 0 Å². The zero-order valence-corrected chi connectivity index (χ0v) is 13.3. The van der Waals surface area contributed by atoms with Crippen LogP contribution < -0.4 is 5.32 Å². The summed E-state index contributed by atoms with van der Waals surface area (Å²) in [6, 6.07) is 5.63. The molecule has 0 aliphatic carbocycles. The van der Waals surface area contributed by atoms with E-state index >= 15 is 0 Å². The number of hydrogen-bond donors (Lipinski definition) is 1. The first-order chi connectivity index (χ1) is 11.0. The number of aromatic nitrogens is 5. The van der Waals surface area contributed by atoms with Crippen LogP contribution in [-0.2, 0) is 20.6 Å². The fourth-order valence-corrected chi connectivity index (χ4v) is 2.35. The Morgan fingerprint density at radius 2 is 2.09 bits per heavy atom. The number of nitrogens with one attached hydrogen (secondary N) is 1. The molecule has 0 saturated carbocycles. The molecule has 0 aliphatic rings. The first kappa shape index (κ1) is 15.0. The summed E-state index contributed by atoms with van der Waals surface area (Å²) >= 11 is 0. The van der Waals surface area contributed by atoms with Gasteiger partial charge >= 0.3 is 0 Å². The maximum Gasteiger partial charge on any atom is 0.269 e. The zero-order valence-electron chi connectivity index (χ0n) is 13.3. The minimum absolute atomic E-state index is 0.149. The van der Waals surface area contributed by atoms with Gasteiger partial charge in [-0.3, -0.25) is 19.1 Å². The summed E-state index contributed by atoms with van der Waals surface area (Å²) in [5.41, 5.74) is 4.12. The Morgan fingerprint density at radius 3 is 2.65 bits per heavy atom. The number of carbonyl (C=O) groups excluding carboxylic acids is 1. The highest BCUT2D eigenvalue weighted by molar-refractivity contribution is 5.92. The first-order valence-corrected chi connectivity index (χ1v) is 7.26. The molecule has 1 N–H and O–H groups in total. The van der Waals surface area contributed by atoms with Gasteiger partial charge in [0.2, 0.25) is 0 Å². The lowest BCUT2D eigenvalue weighted by molar-refractivity contribution is 0.0941. The van der Waals surface area contributed by atoms with Gasteiger partial charge in [0, 0.05) is 38.6 Å². The zero-order chi connectivity index (χ0) is 16.4. The van der Waals surface area contributed by atoms with Crippen LogP contribution in [0, 0.1) is 6.92 Å². The van der Waals surface area contributed by atoms with Gasteiger partial charge in [-0.2, -0.15) is 10.2 Å². The molecule has 7 heteroatoms. The summed E-state index contributed by atoms with van der Waals surface area (Å²) in [6.45, 7) is 2.28. The van der Waals surface area contributed by atoms with Crippen molar-refractivity contribution in [2.45, 2.75) is 13.5 Å². The number of carbonyl (C=O) groups is 1. The molecule has 0 spiro atoms. The third kappa shape index (κ3) is 3.28. The van der Waals surface area contributed by atoms with Crippen LogP contribution in [0.25, 0.3) is 11.3 Å². The van der Waals surface area contributed by atoms with Crippen LogP contribution in [0.15, 0.2) is 36.8 Å². The molecule has 0 fully saturated rings. The van der Waals surface area contributed by atoms with Crippen LogP contribution in [0.5, 0.6) is 0 Å². The van der Waals surface area contributed by atoms with Crippen molar-refractivity contribution >= 4 is 5.91 Å². The van der Waals surface area contributed by atoms with E-state index in [1.807, 2.05) is 32.3 Å². The molecule has 3 aromatic rings. The highest BCUT2D eigenvalue weighted by atomic mass is 16.2. The van der Waals surface area contributed by atoms with Crippen molar-refractivity contribution < 1.29 is 4.79 Å².